The van der Waals surface area contributed by atoms with E-state index in [0.717, 1.165) is 0 Å². The van der Waals surface area contributed by atoms with Gasteiger partial charge in [0.2, 0.25) is 10.0 Å². The molecule has 3 aromatic heterocycles. The molecule has 0 saturated heterocycles. The summed E-state index contributed by atoms with van der Waals surface area (Å²) in [4.78, 5) is 18.1. The van der Waals surface area contributed by atoms with Crippen LogP contribution in [0.2, 0.25) is 0 Å². The van der Waals surface area contributed by atoms with Gasteiger partial charge in [-0.05, 0) is 67.6 Å². The molecule has 0 spiro atoms. The number of hydrogen-bond donors (Lipinski definition) is 2. The molecule has 0 radical (unpaired) electrons. The number of sulfonamides is 1. The Morgan fingerprint density at radius 1 is 1.09 bits per heavy atom. The van der Waals surface area contributed by atoms with Crippen LogP contribution in [-0.4, -0.2) is 36.7 Å². The topological polar surface area (TPSA) is 139 Å². The molecule has 3 aromatic carbocycles. The number of anilines is 1. The number of nitrogens with one attached hydrogen (secondary N) is 2. The minimum absolute atomic E-state index is 0.173. The maximum Gasteiger partial charge on any atom is 0.255 e. The lowest BCUT2D eigenvalue weighted by Crippen LogP contribution is -2.18. The third-order valence-corrected chi connectivity index (χ3v) is 9.11. The highest BCUT2D eigenvalue weighted by Crippen LogP contribution is 2.43. The molecule has 0 atom stereocenters. The molecule has 0 bridgehead atoms. The number of hydrogen-bond acceptors (Lipinski definition) is 7. The predicted molar refractivity (Wildman–Crippen MR) is 168 cm³/mol. The van der Waals surface area contributed by atoms with Crippen LogP contribution < -0.4 is 14.8 Å². The van der Waals surface area contributed by atoms with E-state index in [4.69, 9.17) is 14.1 Å². The summed E-state index contributed by atoms with van der Waals surface area (Å²) < 4.78 is 56.9. The maximum absolute atomic E-state index is 14.7. The molecular formula is C33H24FN5O5S. The lowest BCUT2D eigenvalue weighted by atomic mass is 10.00. The number of nitrogens with zero attached hydrogens (tertiary/aromatic N) is 3. The molecule has 0 saturated carbocycles. The first-order chi connectivity index (χ1) is 21.7. The molecule has 4 heterocycles. The molecule has 224 valence electrons. The van der Waals surface area contributed by atoms with Crippen molar-refractivity contribution in [2.24, 2.45) is 0 Å². The van der Waals surface area contributed by atoms with E-state index in [1.54, 1.807) is 60.7 Å². The zero-order valence-corrected chi connectivity index (χ0v) is 24.8. The van der Waals surface area contributed by atoms with Crippen LogP contribution in [0.5, 0.6) is 5.75 Å². The molecule has 45 heavy (non-hydrogen) atoms. The van der Waals surface area contributed by atoms with Crippen molar-refractivity contribution < 1.29 is 26.8 Å². The number of halogens is 1. The number of pyridine rings is 1. The summed E-state index contributed by atoms with van der Waals surface area (Å²) in [7, 11) is -2.24. The number of nitriles is 1. The number of ether oxygens (including phenoxy) is 1. The van der Waals surface area contributed by atoms with Crippen LogP contribution in [0.25, 0.3) is 55.8 Å². The molecule has 1 aliphatic rings. The lowest BCUT2D eigenvalue weighted by Gasteiger charge is -2.21. The third-order valence-electron chi connectivity index (χ3n) is 7.82. The second-order valence-electron chi connectivity index (χ2n) is 10.4. The Hall–Kier alpha value is -5.67. The first kappa shape index (κ1) is 28.1. The molecule has 0 fully saturated rings. The Labute approximate surface area is 256 Å². The van der Waals surface area contributed by atoms with Gasteiger partial charge in [-0.2, -0.15) is 5.26 Å². The van der Waals surface area contributed by atoms with E-state index in [0.29, 0.717) is 55.8 Å². The zero-order valence-electron chi connectivity index (χ0n) is 24.0. The van der Waals surface area contributed by atoms with E-state index in [1.807, 2.05) is 4.57 Å². The summed E-state index contributed by atoms with van der Waals surface area (Å²) >= 11 is 0. The molecule has 1 amide bonds. The predicted octanol–water partition coefficient (Wildman–Crippen LogP) is 6.27. The molecular weight excluding hydrogens is 597 g/mol. The van der Waals surface area contributed by atoms with Crippen molar-refractivity contribution in [1.82, 2.24) is 14.9 Å². The Kier molecular flexibility index (Phi) is 6.56. The smallest absolute Gasteiger partial charge is 0.255 e. The lowest BCUT2D eigenvalue weighted by molar-refractivity contribution is 0.0964. The van der Waals surface area contributed by atoms with Crippen LogP contribution in [-0.2, 0) is 16.8 Å². The van der Waals surface area contributed by atoms with Crippen LogP contribution in [0.3, 0.4) is 0 Å². The van der Waals surface area contributed by atoms with Crippen molar-refractivity contribution in [3.63, 3.8) is 0 Å². The fraction of sp³-hybridized carbons (Fsp3) is 0.121. The summed E-state index contributed by atoms with van der Waals surface area (Å²) in [5.74, 6) is -0.218. The SMILES string of the molecule is CCS(=O)(=O)Nc1cc2oc(-c3ccc(C#N)cc3)c(C(=O)NC)c2cc1-c1ccc2c(n1)-c1cc3c(F)cccc3n1CO2. The van der Waals surface area contributed by atoms with E-state index in [9.17, 15) is 22.9 Å². The third kappa shape index (κ3) is 4.65. The Morgan fingerprint density at radius 3 is 2.62 bits per heavy atom. The number of carbonyl (C=O) groups is 1. The number of carbonyl (C=O) groups excluding carboxylic acids is 1. The highest BCUT2D eigenvalue weighted by atomic mass is 32.2. The van der Waals surface area contributed by atoms with Gasteiger partial charge in [0, 0.05) is 35.0 Å². The van der Waals surface area contributed by atoms with Crippen LogP contribution in [0.15, 0.2) is 77.2 Å². The van der Waals surface area contributed by atoms with Crippen LogP contribution in [0.4, 0.5) is 10.1 Å². The molecule has 10 nitrogen and oxygen atoms in total. The Bertz CT molecular complexity index is 2340. The number of furan rings is 1. The van der Waals surface area contributed by atoms with Gasteiger partial charge < -0.3 is 19.0 Å². The molecule has 1 aliphatic heterocycles. The van der Waals surface area contributed by atoms with Crippen molar-refractivity contribution in [2.75, 3.05) is 17.5 Å². The first-order valence-corrected chi connectivity index (χ1v) is 15.6. The normalized spacial score (nSPS) is 12.3. The van der Waals surface area contributed by atoms with E-state index in [-0.39, 0.29) is 40.9 Å². The molecule has 6 aromatic rings. The average molecular weight is 622 g/mol. The van der Waals surface area contributed by atoms with Crippen LogP contribution in [0, 0.1) is 17.1 Å². The van der Waals surface area contributed by atoms with Gasteiger partial charge in [-0.3, -0.25) is 9.52 Å². The van der Waals surface area contributed by atoms with Crippen LogP contribution >= 0.6 is 0 Å². The highest BCUT2D eigenvalue weighted by molar-refractivity contribution is 7.92. The quantitative estimate of drug-likeness (QED) is 0.224. The van der Waals surface area contributed by atoms with E-state index in [2.05, 4.69) is 16.1 Å². The van der Waals surface area contributed by atoms with Gasteiger partial charge in [0.25, 0.3) is 5.91 Å². The van der Waals surface area contributed by atoms with Gasteiger partial charge in [-0.25, -0.2) is 17.8 Å². The highest BCUT2D eigenvalue weighted by Gasteiger charge is 2.27. The zero-order chi connectivity index (χ0) is 31.5. The second kappa shape index (κ2) is 10.5. The number of fused-ring (bicyclic) bond motifs is 6. The molecule has 2 N–H and O–H groups in total. The molecule has 0 unspecified atom stereocenters. The molecule has 0 aliphatic carbocycles. The number of benzene rings is 3. The van der Waals surface area contributed by atoms with Gasteiger partial charge in [-0.15, -0.1) is 0 Å². The van der Waals surface area contributed by atoms with E-state index >= 15 is 0 Å². The minimum atomic E-state index is -3.74. The van der Waals surface area contributed by atoms with Crippen molar-refractivity contribution in [1.29, 1.82) is 5.26 Å². The number of amides is 1. The Morgan fingerprint density at radius 2 is 1.89 bits per heavy atom. The van der Waals surface area contributed by atoms with E-state index in [1.165, 1.54) is 26.1 Å². The summed E-state index contributed by atoms with van der Waals surface area (Å²) in [6, 6.07) is 21.8. The van der Waals surface area contributed by atoms with Crippen molar-refractivity contribution in [2.45, 2.75) is 13.7 Å². The van der Waals surface area contributed by atoms with Gasteiger partial charge in [-0.1, -0.05) is 6.07 Å². The first-order valence-electron chi connectivity index (χ1n) is 14.0. The van der Waals surface area contributed by atoms with Crippen LogP contribution in [0.1, 0.15) is 22.8 Å². The fourth-order valence-corrected chi connectivity index (χ4v) is 6.19. The number of rotatable bonds is 6. The van der Waals surface area contributed by atoms with Gasteiger partial charge in [0.05, 0.1) is 45.5 Å². The average Bonchev–Trinajstić information content (AvgIpc) is 3.63. The van der Waals surface area contributed by atoms with Crippen molar-refractivity contribution in [3.8, 4) is 45.8 Å². The van der Waals surface area contributed by atoms with E-state index < -0.39 is 15.9 Å². The maximum atomic E-state index is 14.7. The largest absolute Gasteiger partial charge is 0.470 e. The second-order valence-corrected chi connectivity index (χ2v) is 12.4. The fourth-order valence-electron chi connectivity index (χ4n) is 5.54. The Balaban J connectivity index is 1.47. The summed E-state index contributed by atoms with van der Waals surface area (Å²) in [6.45, 7) is 1.69. The van der Waals surface area contributed by atoms with Crippen molar-refractivity contribution >= 4 is 43.5 Å². The standard InChI is InChI=1S/C33H24FN5O5S/c1-3-45(41,42)38-25-15-29-22(30(33(40)36-2)32(44-29)19-9-7-18(16-35)8-10-19)13-21(25)24-11-12-28-31(37-24)27-14-20-23(34)5-4-6-26(20)39(27)17-43-28/h4-15,38H,3,17H2,1-2H3,(H,36,40). The number of aromatic nitrogens is 2. The van der Waals surface area contributed by atoms with Gasteiger partial charge >= 0.3 is 0 Å². The minimum Gasteiger partial charge on any atom is -0.470 e. The summed E-state index contributed by atoms with van der Waals surface area (Å²) in [5, 5.41) is 12.7. The molecule has 7 rings (SSSR count). The monoisotopic (exact) mass is 621 g/mol. The molecule has 12 heteroatoms. The van der Waals surface area contributed by atoms with Crippen molar-refractivity contribution in [3.05, 3.63) is 89.7 Å². The summed E-state index contributed by atoms with van der Waals surface area (Å²) in [5.41, 5.74) is 4.23. The van der Waals surface area contributed by atoms with Gasteiger partial charge in [0.15, 0.2) is 6.73 Å². The van der Waals surface area contributed by atoms with Gasteiger partial charge in [0.1, 0.15) is 28.6 Å². The summed E-state index contributed by atoms with van der Waals surface area (Å²) in [6.07, 6.45) is 0.